The van der Waals surface area contributed by atoms with Gasteiger partial charge >= 0.3 is 0 Å². The monoisotopic (exact) mass is 186 g/mol. The maximum absolute atomic E-state index is 9.14. The molecule has 0 aliphatic heterocycles. The molecule has 1 aromatic carbocycles. The summed E-state index contributed by atoms with van der Waals surface area (Å²) in [6.07, 6.45) is 10.8. The largest absolute Gasteiger partial charge is 0.508 e. The van der Waals surface area contributed by atoms with Crippen LogP contribution in [0.3, 0.4) is 0 Å². The molecule has 2 rings (SSSR count). The Hall–Kier alpha value is -1.50. The van der Waals surface area contributed by atoms with E-state index in [1.165, 1.54) is 5.56 Å². The van der Waals surface area contributed by atoms with E-state index in [9.17, 15) is 0 Å². The summed E-state index contributed by atoms with van der Waals surface area (Å²) >= 11 is 0. The van der Waals surface area contributed by atoms with E-state index in [1.54, 1.807) is 12.1 Å². The van der Waals surface area contributed by atoms with E-state index in [0.717, 1.165) is 12.8 Å². The van der Waals surface area contributed by atoms with Crippen molar-refractivity contribution in [1.82, 2.24) is 0 Å². The van der Waals surface area contributed by atoms with E-state index in [-0.39, 0.29) is 0 Å². The molecular formula is C13H14O. The first-order valence-corrected chi connectivity index (χ1v) is 4.96. The van der Waals surface area contributed by atoms with Crippen LogP contribution < -0.4 is 0 Å². The third kappa shape index (κ3) is 2.25. The zero-order valence-electron chi connectivity index (χ0n) is 8.06. The molecule has 0 fully saturated rings. The normalized spacial score (nSPS) is 19.9. The van der Waals surface area contributed by atoms with Crippen molar-refractivity contribution in [2.75, 3.05) is 0 Å². The molecule has 72 valence electrons. The summed E-state index contributed by atoms with van der Waals surface area (Å²) in [7, 11) is 0. The average molecular weight is 186 g/mol. The van der Waals surface area contributed by atoms with Crippen molar-refractivity contribution in [3.8, 4) is 5.75 Å². The second kappa shape index (κ2) is 4.14. The molecule has 0 spiro atoms. The molecule has 1 atom stereocenters. The first kappa shape index (κ1) is 9.07. The minimum Gasteiger partial charge on any atom is -0.508 e. The third-order valence-electron chi connectivity index (χ3n) is 2.50. The van der Waals surface area contributed by atoms with Crippen molar-refractivity contribution in [3.63, 3.8) is 0 Å². The molecule has 0 unspecified atom stereocenters. The van der Waals surface area contributed by atoms with Gasteiger partial charge in [0.15, 0.2) is 0 Å². The molecule has 0 saturated carbocycles. The van der Waals surface area contributed by atoms with Crippen LogP contribution in [0.5, 0.6) is 5.75 Å². The molecule has 1 N–H and O–H groups in total. The van der Waals surface area contributed by atoms with Gasteiger partial charge in [-0.05, 0) is 36.5 Å². The number of aromatic hydroxyl groups is 1. The number of phenolic OH excluding ortho intramolecular Hbond substituents is 1. The lowest BCUT2D eigenvalue weighted by atomic mass is 9.93. The van der Waals surface area contributed by atoms with Crippen molar-refractivity contribution in [2.24, 2.45) is 5.92 Å². The van der Waals surface area contributed by atoms with Gasteiger partial charge in [0.25, 0.3) is 0 Å². The molecule has 1 heteroatoms. The second-order valence-corrected chi connectivity index (χ2v) is 3.68. The molecule has 0 heterocycles. The summed E-state index contributed by atoms with van der Waals surface area (Å²) in [5.74, 6) is 0.956. The molecule has 1 aliphatic carbocycles. The zero-order chi connectivity index (χ0) is 9.80. The number of allylic oxidation sites excluding steroid dienone is 4. The van der Waals surface area contributed by atoms with Crippen LogP contribution in [-0.2, 0) is 6.42 Å². The van der Waals surface area contributed by atoms with Gasteiger partial charge in [0.05, 0.1) is 0 Å². The molecule has 0 bridgehead atoms. The Bertz CT molecular complexity index is 346. The standard InChI is InChI=1S/C13H14O/c14-13-8-6-12(7-9-13)10-11-4-2-1-3-5-11/h1-4,6-9,11,14H,5,10H2/t11-/m0/s1. The summed E-state index contributed by atoms with van der Waals surface area (Å²) in [6.45, 7) is 0. The van der Waals surface area contributed by atoms with Gasteiger partial charge in [-0.1, -0.05) is 36.4 Å². The number of hydrogen-bond donors (Lipinski definition) is 1. The molecule has 0 amide bonds. The third-order valence-corrected chi connectivity index (χ3v) is 2.50. The van der Waals surface area contributed by atoms with Crippen LogP contribution in [0.4, 0.5) is 0 Å². The molecule has 1 aromatic rings. The van der Waals surface area contributed by atoms with E-state index in [0.29, 0.717) is 11.7 Å². The highest BCUT2D eigenvalue weighted by Crippen LogP contribution is 2.19. The minimum absolute atomic E-state index is 0.341. The topological polar surface area (TPSA) is 20.2 Å². The van der Waals surface area contributed by atoms with Gasteiger partial charge < -0.3 is 5.11 Å². The predicted octanol–water partition coefficient (Wildman–Crippen LogP) is 3.07. The molecule has 14 heavy (non-hydrogen) atoms. The fraction of sp³-hybridized carbons (Fsp3) is 0.231. The van der Waals surface area contributed by atoms with Crippen LogP contribution in [0.25, 0.3) is 0 Å². The van der Waals surface area contributed by atoms with Crippen LogP contribution in [0.15, 0.2) is 48.6 Å². The lowest BCUT2D eigenvalue weighted by molar-refractivity contribution is 0.475. The van der Waals surface area contributed by atoms with Crippen molar-refractivity contribution in [2.45, 2.75) is 12.8 Å². The SMILES string of the molecule is Oc1ccc(C[C@H]2C=CC=CC2)cc1. The number of phenols is 1. The maximum Gasteiger partial charge on any atom is 0.115 e. The predicted molar refractivity (Wildman–Crippen MR) is 58.2 cm³/mol. The fourth-order valence-electron chi connectivity index (χ4n) is 1.72. The van der Waals surface area contributed by atoms with Gasteiger partial charge in [-0.25, -0.2) is 0 Å². The quantitative estimate of drug-likeness (QED) is 0.752. The lowest BCUT2D eigenvalue weighted by Gasteiger charge is -2.12. The zero-order valence-corrected chi connectivity index (χ0v) is 8.06. The Balaban J connectivity index is 2.00. The second-order valence-electron chi connectivity index (χ2n) is 3.68. The van der Waals surface area contributed by atoms with E-state index >= 15 is 0 Å². The molecule has 1 aliphatic rings. The van der Waals surface area contributed by atoms with E-state index in [1.807, 2.05) is 12.1 Å². The average Bonchev–Trinajstić information content (AvgIpc) is 2.23. The summed E-state index contributed by atoms with van der Waals surface area (Å²) in [5.41, 5.74) is 1.28. The summed E-state index contributed by atoms with van der Waals surface area (Å²) in [6, 6.07) is 7.47. The van der Waals surface area contributed by atoms with Gasteiger partial charge in [-0.2, -0.15) is 0 Å². The first-order chi connectivity index (χ1) is 6.84. The van der Waals surface area contributed by atoms with Gasteiger partial charge in [-0.3, -0.25) is 0 Å². The Labute approximate surface area is 84.4 Å². The lowest BCUT2D eigenvalue weighted by Crippen LogP contribution is -2.01. The summed E-state index contributed by atoms with van der Waals surface area (Å²) in [5, 5.41) is 9.14. The number of benzene rings is 1. The Morgan fingerprint density at radius 1 is 1.14 bits per heavy atom. The number of hydrogen-bond acceptors (Lipinski definition) is 1. The maximum atomic E-state index is 9.14. The van der Waals surface area contributed by atoms with Gasteiger partial charge in [0, 0.05) is 0 Å². The Morgan fingerprint density at radius 3 is 2.57 bits per heavy atom. The summed E-state index contributed by atoms with van der Waals surface area (Å²) in [4.78, 5) is 0. The van der Waals surface area contributed by atoms with E-state index < -0.39 is 0 Å². The van der Waals surface area contributed by atoms with Gasteiger partial charge in [0.1, 0.15) is 5.75 Å². The van der Waals surface area contributed by atoms with E-state index in [2.05, 4.69) is 24.3 Å². The molecular weight excluding hydrogens is 172 g/mol. The van der Waals surface area contributed by atoms with Crippen molar-refractivity contribution >= 4 is 0 Å². The van der Waals surface area contributed by atoms with Crippen LogP contribution in [0.2, 0.25) is 0 Å². The van der Waals surface area contributed by atoms with E-state index in [4.69, 9.17) is 5.11 Å². The highest BCUT2D eigenvalue weighted by molar-refractivity contribution is 5.27. The molecule has 0 radical (unpaired) electrons. The highest BCUT2D eigenvalue weighted by Gasteiger charge is 2.05. The summed E-state index contributed by atoms with van der Waals surface area (Å²) < 4.78 is 0. The Kier molecular flexibility index (Phi) is 2.68. The first-order valence-electron chi connectivity index (χ1n) is 4.96. The van der Waals surface area contributed by atoms with Crippen LogP contribution in [0.1, 0.15) is 12.0 Å². The molecule has 0 saturated heterocycles. The van der Waals surface area contributed by atoms with Crippen LogP contribution in [0, 0.1) is 5.92 Å². The fourth-order valence-corrected chi connectivity index (χ4v) is 1.72. The van der Waals surface area contributed by atoms with Gasteiger partial charge in [0.2, 0.25) is 0 Å². The molecule has 1 nitrogen and oxygen atoms in total. The minimum atomic E-state index is 0.341. The smallest absolute Gasteiger partial charge is 0.115 e. The highest BCUT2D eigenvalue weighted by atomic mass is 16.3. The van der Waals surface area contributed by atoms with Crippen LogP contribution >= 0.6 is 0 Å². The van der Waals surface area contributed by atoms with Crippen molar-refractivity contribution in [1.29, 1.82) is 0 Å². The van der Waals surface area contributed by atoms with Crippen LogP contribution in [-0.4, -0.2) is 5.11 Å². The molecule has 0 aromatic heterocycles. The van der Waals surface area contributed by atoms with Gasteiger partial charge in [-0.15, -0.1) is 0 Å². The number of rotatable bonds is 2. The van der Waals surface area contributed by atoms with Crippen molar-refractivity contribution < 1.29 is 5.11 Å². The van der Waals surface area contributed by atoms with Crippen molar-refractivity contribution in [3.05, 3.63) is 54.1 Å². The Morgan fingerprint density at radius 2 is 1.93 bits per heavy atom.